The highest BCUT2D eigenvalue weighted by Gasteiger charge is 2.44. The van der Waals surface area contributed by atoms with Crippen molar-refractivity contribution < 1.29 is 22.1 Å². The molecule has 6 heteroatoms. The SMILES string of the molecule is CCc1cc(C)cc(CC)c1C1=C(OS(=O)(=O)Cc2ccccc2)CC2(CCOCC2)CC1=O. The van der Waals surface area contributed by atoms with Gasteiger partial charge in [0.25, 0.3) is 0 Å². The highest BCUT2D eigenvalue weighted by molar-refractivity contribution is 7.86. The largest absolute Gasteiger partial charge is 0.386 e. The number of hydrogen-bond acceptors (Lipinski definition) is 5. The van der Waals surface area contributed by atoms with Crippen LogP contribution in [-0.2, 0) is 42.4 Å². The van der Waals surface area contributed by atoms with E-state index >= 15 is 0 Å². The molecule has 34 heavy (non-hydrogen) atoms. The molecule has 0 radical (unpaired) electrons. The van der Waals surface area contributed by atoms with Gasteiger partial charge in [-0.3, -0.25) is 4.79 Å². The summed E-state index contributed by atoms with van der Waals surface area (Å²) < 4.78 is 37.8. The number of allylic oxidation sites excluding steroid dienone is 2. The van der Waals surface area contributed by atoms with E-state index < -0.39 is 10.1 Å². The monoisotopic (exact) mass is 482 g/mol. The molecule has 0 unspecified atom stereocenters. The molecule has 0 bridgehead atoms. The zero-order valence-corrected chi connectivity index (χ0v) is 21.2. The lowest BCUT2D eigenvalue weighted by Crippen LogP contribution is -2.37. The summed E-state index contributed by atoms with van der Waals surface area (Å²) in [6.45, 7) is 7.35. The first-order chi connectivity index (χ1) is 16.3. The van der Waals surface area contributed by atoms with Gasteiger partial charge in [0.1, 0.15) is 11.5 Å². The van der Waals surface area contributed by atoms with Crippen molar-refractivity contribution in [3.63, 3.8) is 0 Å². The number of benzene rings is 2. The second-order valence-corrected chi connectivity index (χ2v) is 11.2. The zero-order chi connectivity index (χ0) is 24.3. The first-order valence-corrected chi connectivity index (χ1v) is 13.8. The van der Waals surface area contributed by atoms with Crippen LogP contribution < -0.4 is 0 Å². The summed E-state index contributed by atoms with van der Waals surface area (Å²) in [4.78, 5) is 13.8. The van der Waals surface area contributed by atoms with Crippen LogP contribution in [0.3, 0.4) is 0 Å². The Hall–Kier alpha value is -2.44. The summed E-state index contributed by atoms with van der Waals surface area (Å²) in [5.41, 5.74) is 4.94. The van der Waals surface area contributed by atoms with E-state index in [2.05, 4.69) is 32.9 Å². The fourth-order valence-corrected chi connectivity index (χ4v) is 6.47. The van der Waals surface area contributed by atoms with Crippen molar-refractivity contribution in [2.75, 3.05) is 13.2 Å². The number of hydrogen-bond donors (Lipinski definition) is 0. The van der Waals surface area contributed by atoms with Crippen LogP contribution in [0.4, 0.5) is 0 Å². The van der Waals surface area contributed by atoms with Gasteiger partial charge >= 0.3 is 10.1 Å². The fraction of sp³-hybridized carbons (Fsp3) is 0.464. The van der Waals surface area contributed by atoms with Gasteiger partial charge in [-0.25, -0.2) is 0 Å². The van der Waals surface area contributed by atoms with E-state index in [-0.39, 0.29) is 17.0 Å². The first kappa shape index (κ1) is 24.7. The summed E-state index contributed by atoms with van der Waals surface area (Å²) in [7, 11) is -3.94. The predicted octanol–water partition coefficient (Wildman–Crippen LogP) is 5.54. The molecular formula is C28H34O5S. The summed E-state index contributed by atoms with van der Waals surface area (Å²) in [6, 6.07) is 13.2. The Bertz CT molecular complexity index is 1160. The molecule has 2 aromatic carbocycles. The Labute approximate surface area is 203 Å². The number of rotatable bonds is 7. The van der Waals surface area contributed by atoms with Crippen LogP contribution >= 0.6 is 0 Å². The number of Topliss-reactive ketones (excluding diaryl/α,β-unsaturated/α-hetero) is 1. The zero-order valence-electron chi connectivity index (χ0n) is 20.4. The third-order valence-electron chi connectivity index (χ3n) is 7.05. The molecule has 1 saturated heterocycles. The first-order valence-electron chi connectivity index (χ1n) is 12.2. The maximum absolute atomic E-state index is 13.8. The quantitative estimate of drug-likeness (QED) is 0.485. The van der Waals surface area contributed by atoms with Crippen LogP contribution in [0.25, 0.3) is 5.57 Å². The van der Waals surface area contributed by atoms with Crippen LogP contribution in [-0.4, -0.2) is 27.4 Å². The van der Waals surface area contributed by atoms with Crippen LogP contribution in [0.15, 0.2) is 48.2 Å². The molecular weight excluding hydrogens is 448 g/mol. The van der Waals surface area contributed by atoms with Gasteiger partial charge in [0.15, 0.2) is 5.78 Å². The van der Waals surface area contributed by atoms with E-state index in [1.807, 2.05) is 18.2 Å². The Morgan fingerprint density at radius 3 is 2.18 bits per heavy atom. The van der Waals surface area contributed by atoms with E-state index in [9.17, 15) is 13.2 Å². The van der Waals surface area contributed by atoms with Gasteiger partial charge < -0.3 is 8.92 Å². The maximum atomic E-state index is 13.8. The van der Waals surface area contributed by atoms with Gasteiger partial charge in [-0.1, -0.05) is 61.9 Å². The summed E-state index contributed by atoms with van der Waals surface area (Å²) in [5, 5.41) is 0. The molecule has 2 aliphatic rings. The predicted molar refractivity (Wildman–Crippen MR) is 134 cm³/mol. The van der Waals surface area contributed by atoms with Crippen molar-refractivity contribution in [1.29, 1.82) is 0 Å². The summed E-state index contributed by atoms with van der Waals surface area (Å²) in [6.07, 6.45) is 3.80. The van der Waals surface area contributed by atoms with Gasteiger partial charge in [0, 0.05) is 26.1 Å². The van der Waals surface area contributed by atoms with Gasteiger partial charge in [0.2, 0.25) is 0 Å². The molecule has 0 atom stereocenters. The van der Waals surface area contributed by atoms with E-state index in [0.717, 1.165) is 47.9 Å². The highest BCUT2D eigenvalue weighted by atomic mass is 32.2. The molecule has 0 saturated carbocycles. The van der Waals surface area contributed by atoms with E-state index in [1.165, 1.54) is 0 Å². The lowest BCUT2D eigenvalue weighted by atomic mass is 9.67. The Balaban J connectivity index is 1.84. The fourth-order valence-electron chi connectivity index (χ4n) is 5.37. The second kappa shape index (κ2) is 10.0. The average molecular weight is 483 g/mol. The molecule has 0 aromatic heterocycles. The minimum absolute atomic E-state index is 0.0219. The van der Waals surface area contributed by atoms with Crippen LogP contribution in [0.2, 0.25) is 0 Å². The van der Waals surface area contributed by atoms with Crippen molar-refractivity contribution in [1.82, 2.24) is 0 Å². The lowest BCUT2D eigenvalue weighted by Gasteiger charge is -2.41. The molecule has 4 rings (SSSR count). The second-order valence-electron chi connectivity index (χ2n) is 9.62. The van der Waals surface area contributed by atoms with Crippen LogP contribution in [0.5, 0.6) is 0 Å². The number of carbonyl (C=O) groups is 1. The number of aryl methyl sites for hydroxylation is 3. The van der Waals surface area contributed by atoms with E-state index in [1.54, 1.807) is 12.1 Å². The normalized spacial score (nSPS) is 18.4. The molecule has 0 N–H and O–H groups in total. The Morgan fingerprint density at radius 2 is 1.59 bits per heavy atom. The standard InChI is InChI=1S/C28H34O5S/c1-4-22-15-20(3)16-23(5-2)26(22)27-24(29)17-28(11-13-32-14-12-28)18-25(27)33-34(30,31)19-21-9-7-6-8-10-21/h6-10,15-16H,4-5,11-14,17-19H2,1-3H3. The molecule has 5 nitrogen and oxygen atoms in total. The molecule has 1 fully saturated rings. The van der Waals surface area contributed by atoms with Gasteiger partial charge in [-0.2, -0.15) is 8.42 Å². The smallest absolute Gasteiger partial charge is 0.313 e. The average Bonchev–Trinajstić information content (AvgIpc) is 2.79. The summed E-state index contributed by atoms with van der Waals surface area (Å²) >= 11 is 0. The molecule has 1 aliphatic heterocycles. The van der Waals surface area contributed by atoms with Crippen LogP contribution in [0.1, 0.15) is 67.3 Å². The topological polar surface area (TPSA) is 69.7 Å². The van der Waals surface area contributed by atoms with E-state index in [0.29, 0.717) is 43.0 Å². The van der Waals surface area contributed by atoms with Crippen molar-refractivity contribution in [2.24, 2.45) is 5.41 Å². The Morgan fingerprint density at radius 1 is 0.971 bits per heavy atom. The molecule has 1 heterocycles. The molecule has 0 amide bonds. The minimum atomic E-state index is -3.94. The van der Waals surface area contributed by atoms with Crippen molar-refractivity contribution in [3.05, 3.63) is 76.0 Å². The number of carbonyl (C=O) groups excluding carboxylic acids is 1. The highest BCUT2D eigenvalue weighted by Crippen LogP contribution is 2.48. The number of ketones is 1. The molecule has 2 aromatic rings. The molecule has 1 aliphatic carbocycles. The maximum Gasteiger partial charge on any atom is 0.313 e. The van der Waals surface area contributed by atoms with Gasteiger partial charge in [0.05, 0.1) is 5.57 Å². The molecule has 182 valence electrons. The Kier molecular flexibility index (Phi) is 7.29. The third kappa shape index (κ3) is 5.28. The van der Waals surface area contributed by atoms with Crippen LogP contribution in [0, 0.1) is 12.3 Å². The molecule has 1 spiro atoms. The van der Waals surface area contributed by atoms with Crippen molar-refractivity contribution in [2.45, 2.75) is 65.0 Å². The van der Waals surface area contributed by atoms with Crippen molar-refractivity contribution >= 4 is 21.5 Å². The lowest BCUT2D eigenvalue weighted by molar-refractivity contribution is -0.118. The van der Waals surface area contributed by atoms with E-state index in [4.69, 9.17) is 8.92 Å². The minimum Gasteiger partial charge on any atom is -0.386 e. The van der Waals surface area contributed by atoms with Gasteiger partial charge in [-0.15, -0.1) is 0 Å². The third-order valence-corrected chi connectivity index (χ3v) is 8.20. The summed E-state index contributed by atoms with van der Waals surface area (Å²) in [5.74, 6) is 0.0537. The van der Waals surface area contributed by atoms with Gasteiger partial charge in [-0.05, 0) is 60.3 Å². The number of ether oxygens (including phenoxy) is 1. The van der Waals surface area contributed by atoms with Crippen molar-refractivity contribution in [3.8, 4) is 0 Å².